The SMILES string of the molecule is Cn1c(=O)c2c(nc(N3CCCC[C@H]3N)n2Cc2ccccc2)n(CCO)c1=O. The first kappa shape index (κ1) is 19.4. The monoisotopic (exact) mass is 398 g/mol. The van der Waals surface area contributed by atoms with E-state index in [-0.39, 0.29) is 25.0 Å². The van der Waals surface area contributed by atoms with Crippen molar-refractivity contribution in [3.63, 3.8) is 0 Å². The molecule has 0 bridgehead atoms. The fourth-order valence-corrected chi connectivity index (χ4v) is 3.99. The Balaban J connectivity index is 2.01. The average molecular weight is 398 g/mol. The summed E-state index contributed by atoms with van der Waals surface area (Å²) in [6, 6.07) is 9.80. The molecule has 0 saturated carbocycles. The number of piperidine rings is 1. The summed E-state index contributed by atoms with van der Waals surface area (Å²) in [7, 11) is 1.45. The van der Waals surface area contributed by atoms with Crippen molar-refractivity contribution < 1.29 is 5.11 Å². The van der Waals surface area contributed by atoms with Gasteiger partial charge < -0.3 is 15.7 Å². The minimum absolute atomic E-state index is 0.0668. The van der Waals surface area contributed by atoms with Gasteiger partial charge in [0.2, 0.25) is 5.95 Å². The molecule has 2 aromatic heterocycles. The molecule has 0 radical (unpaired) electrons. The van der Waals surface area contributed by atoms with Gasteiger partial charge in [-0.15, -0.1) is 0 Å². The molecule has 1 saturated heterocycles. The molecule has 4 rings (SSSR count). The number of fused-ring (bicyclic) bond motifs is 1. The standard InChI is InChI=1S/C20H26N6O3/c1-23-18(28)16-17(25(11-12-27)20(23)29)22-19(24-10-6-5-9-15(24)21)26(16)13-14-7-3-2-4-8-14/h2-4,7-8,15,27H,5-6,9-13,21H2,1H3/t15-/m0/s1. The zero-order valence-corrected chi connectivity index (χ0v) is 16.5. The van der Waals surface area contributed by atoms with Crippen LogP contribution in [0.3, 0.4) is 0 Å². The highest BCUT2D eigenvalue weighted by Gasteiger charge is 2.27. The van der Waals surface area contributed by atoms with Gasteiger partial charge in [-0.3, -0.25) is 18.5 Å². The van der Waals surface area contributed by atoms with Gasteiger partial charge in [0, 0.05) is 13.6 Å². The van der Waals surface area contributed by atoms with Gasteiger partial charge >= 0.3 is 5.69 Å². The quantitative estimate of drug-likeness (QED) is 0.636. The Labute approximate surface area is 167 Å². The maximum absolute atomic E-state index is 13.1. The normalized spacial score (nSPS) is 17.2. The molecule has 1 aliphatic rings. The second-order valence-corrected chi connectivity index (χ2v) is 7.43. The smallest absolute Gasteiger partial charge is 0.332 e. The number of imidazole rings is 1. The zero-order chi connectivity index (χ0) is 20.5. The number of anilines is 1. The number of nitrogens with zero attached hydrogens (tertiary/aromatic N) is 5. The summed E-state index contributed by atoms with van der Waals surface area (Å²) < 4.78 is 4.28. The van der Waals surface area contributed by atoms with Crippen LogP contribution in [0.15, 0.2) is 39.9 Å². The minimum atomic E-state index is -0.490. The van der Waals surface area contributed by atoms with Crippen LogP contribution in [-0.2, 0) is 20.1 Å². The van der Waals surface area contributed by atoms with E-state index >= 15 is 0 Å². The van der Waals surface area contributed by atoms with Gasteiger partial charge in [-0.25, -0.2) is 4.79 Å². The van der Waals surface area contributed by atoms with E-state index in [1.165, 1.54) is 11.6 Å². The number of aliphatic hydroxyl groups excluding tert-OH is 1. The van der Waals surface area contributed by atoms with Crippen LogP contribution in [0.25, 0.3) is 11.2 Å². The number of aromatic nitrogens is 4. The van der Waals surface area contributed by atoms with E-state index < -0.39 is 11.2 Å². The summed E-state index contributed by atoms with van der Waals surface area (Å²) in [5.41, 5.74) is 7.12. The zero-order valence-electron chi connectivity index (χ0n) is 16.5. The van der Waals surface area contributed by atoms with Crippen molar-refractivity contribution in [3.05, 3.63) is 56.7 Å². The van der Waals surface area contributed by atoms with E-state index in [4.69, 9.17) is 10.7 Å². The molecule has 0 spiro atoms. The summed E-state index contributed by atoms with van der Waals surface area (Å²) in [6.07, 6.45) is 2.68. The maximum atomic E-state index is 13.1. The Morgan fingerprint density at radius 3 is 2.62 bits per heavy atom. The number of hydrogen-bond acceptors (Lipinski definition) is 6. The van der Waals surface area contributed by atoms with Crippen LogP contribution in [0, 0.1) is 0 Å². The van der Waals surface area contributed by atoms with Crippen LogP contribution >= 0.6 is 0 Å². The van der Waals surface area contributed by atoms with Crippen LogP contribution in [-0.4, -0.2) is 43.1 Å². The lowest BCUT2D eigenvalue weighted by atomic mass is 10.1. The first-order chi connectivity index (χ1) is 14.0. The van der Waals surface area contributed by atoms with Gasteiger partial charge in [0.1, 0.15) is 0 Å². The van der Waals surface area contributed by atoms with Gasteiger partial charge in [-0.05, 0) is 24.8 Å². The lowest BCUT2D eigenvalue weighted by Crippen LogP contribution is -2.46. The summed E-state index contributed by atoms with van der Waals surface area (Å²) in [6.45, 7) is 1.01. The Bertz CT molecular complexity index is 1130. The van der Waals surface area contributed by atoms with E-state index in [1.54, 1.807) is 0 Å². The first-order valence-corrected chi connectivity index (χ1v) is 9.90. The summed E-state index contributed by atoms with van der Waals surface area (Å²) in [5.74, 6) is 0.588. The third-order valence-corrected chi connectivity index (χ3v) is 5.52. The molecule has 9 heteroatoms. The molecule has 1 atom stereocenters. The van der Waals surface area contributed by atoms with Crippen molar-refractivity contribution in [2.24, 2.45) is 12.8 Å². The van der Waals surface area contributed by atoms with Crippen LogP contribution < -0.4 is 21.9 Å². The molecule has 29 heavy (non-hydrogen) atoms. The molecule has 3 heterocycles. The maximum Gasteiger partial charge on any atom is 0.332 e. The van der Waals surface area contributed by atoms with Crippen molar-refractivity contribution in [1.82, 2.24) is 18.7 Å². The third kappa shape index (κ3) is 3.36. The molecule has 0 unspecified atom stereocenters. The number of nitrogens with two attached hydrogens (primary N) is 1. The van der Waals surface area contributed by atoms with Crippen LogP contribution in [0.5, 0.6) is 0 Å². The van der Waals surface area contributed by atoms with E-state index in [2.05, 4.69) is 0 Å². The Hall–Kier alpha value is -2.91. The van der Waals surface area contributed by atoms with E-state index in [0.29, 0.717) is 18.0 Å². The highest BCUT2D eigenvalue weighted by atomic mass is 16.3. The number of rotatable bonds is 5. The Morgan fingerprint density at radius 1 is 1.17 bits per heavy atom. The van der Waals surface area contributed by atoms with Crippen molar-refractivity contribution in [1.29, 1.82) is 0 Å². The fourth-order valence-electron chi connectivity index (χ4n) is 3.99. The van der Waals surface area contributed by atoms with Crippen molar-refractivity contribution in [3.8, 4) is 0 Å². The largest absolute Gasteiger partial charge is 0.395 e. The molecular weight excluding hydrogens is 372 g/mol. The molecule has 1 fully saturated rings. The van der Waals surface area contributed by atoms with E-state index in [1.807, 2.05) is 39.8 Å². The number of aliphatic hydroxyl groups is 1. The topological polar surface area (TPSA) is 111 Å². The molecule has 3 N–H and O–H groups in total. The van der Waals surface area contributed by atoms with Gasteiger partial charge in [-0.2, -0.15) is 4.98 Å². The highest BCUT2D eigenvalue weighted by Crippen LogP contribution is 2.26. The van der Waals surface area contributed by atoms with Crippen LogP contribution in [0.4, 0.5) is 5.95 Å². The Kier molecular flexibility index (Phi) is 5.25. The first-order valence-electron chi connectivity index (χ1n) is 9.90. The van der Waals surface area contributed by atoms with Crippen LogP contribution in [0.2, 0.25) is 0 Å². The third-order valence-electron chi connectivity index (χ3n) is 5.52. The second-order valence-electron chi connectivity index (χ2n) is 7.43. The minimum Gasteiger partial charge on any atom is -0.395 e. The van der Waals surface area contributed by atoms with E-state index in [0.717, 1.165) is 35.9 Å². The number of benzene rings is 1. The molecule has 9 nitrogen and oxygen atoms in total. The average Bonchev–Trinajstić information content (AvgIpc) is 3.09. The summed E-state index contributed by atoms with van der Waals surface area (Å²) >= 11 is 0. The molecule has 0 amide bonds. The predicted octanol–water partition coefficient (Wildman–Crippen LogP) is 0.212. The van der Waals surface area contributed by atoms with Crippen molar-refractivity contribution in [2.45, 2.75) is 38.5 Å². The lowest BCUT2D eigenvalue weighted by molar-refractivity contribution is 0.274. The Morgan fingerprint density at radius 2 is 1.93 bits per heavy atom. The fraction of sp³-hybridized carbons (Fsp3) is 0.450. The number of hydrogen-bond donors (Lipinski definition) is 2. The van der Waals surface area contributed by atoms with Crippen LogP contribution in [0.1, 0.15) is 24.8 Å². The molecule has 0 aliphatic carbocycles. The van der Waals surface area contributed by atoms with Crippen molar-refractivity contribution in [2.75, 3.05) is 18.1 Å². The molecule has 3 aromatic rings. The molecule has 154 valence electrons. The van der Waals surface area contributed by atoms with Crippen molar-refractivity contribution >= 4 is 17.1 Å². The summed E-state index contributed by atoms with van der Waals surface area (Å²) in [4.78, 5) is 32.4. The van der Waals surface area contributed by atoms with Gasteiger partial charge in [0.15, 0.2) is 11.2 Å². The molecular formula is C20H26N6O3. The van der Waals surface area contributed by atoms with Gasteiger partial charge in [0.25, 0.3) is 5.56 Å². The molecule has 1 aliphatic heterocycles. The van der Waals surface area contributed by atoms with Gasteiger partial charge in [-0.1, -0.05) is 30.3 Å². The van der Waals surface area contributed by atoms with E-state index in [9.17, 15) is 14.7 Å². The predicted molar refractivity (Wildman–Crippen MR) is 111 cm³/mol. The highest BCUT2D eigenvalue weighted by molar-refractivity contribution is 5.75. The lowest BCUT2D eigenvalue weighted by Gasteiger charge is -2.34. The summed E-state index contributed by atoms with van der Waals surface area (Å²) in [5, 5.41) is 9.45. The second kappa shape index (κ2) is 7.84. The molecule has 1 aromatic carbocycles. The van der Waals surface area contributed by atoms with Gasteiger partial charge in [0.05, 0.1) is 25.9 Å².